The normalized spacial score (nSPS) is 14.0. The summed E-state index contributed by atoms with van der Waals surface area (Å²) in [5.74, 6) is -1.05. The van der Waals surface area contributed by atoms with E-state index in [0.29, 0.717) is 5.69 Å². The van der Waals surface area contributed by atoms with Gasteiger partial charge in [-0.15, -0.1) is 0 Å². The van der Waals surface area contributed by atoms with E-state index in [-0.39, 0.29) is 5.54 Å². The molecule has 5 nitrogen and oxygen atoms in total. The Labute approximate surface area is 82.6 Å². The highest BCUT2D eigenvalue weighted by Gasteiger charge is 2.23. The number of hydrogen-bond donors (Lipinski definition) is 2. The van der Waals surface area contributed by atoms with Crippen LogP contribution in [0.25, 0.3) is 0 Å². The summed E-state index contributed by atoms with van der Waals surface area (Å²) in [5, 5.41) is 8.78. The monoisotopic (exact) mass is 197 g/mol. The number of aliphatic carboxylic acids is 1. The zero-order chi connectivity index (χ0) is 10.9. The van der Waals surface area contributed by atoms with Crippen molar-refractivity contribution >= 4 is 5.97 Å². The fraction of sp³-hybridized carbons (Fsp3) is 0.556. The van der Waals surface area contributed by atoms with E-state index in [2.05, 4.69) is 4.98 Å². The standard InChI is InChI=1S/C9H15N3O2/c1-9(2,3)12-5-11-4-6(12)7(10)8(13)14/h4-5,7H,10H2,1-3H3,(H,13,14). The van der Waals surface area contributed by atoms with Gasteiger partial charge in [0.2, 0.25) is 0 Å². The third-order valence-corrected chi connectivity index (χ3v) is 1.97. The molecular formula is C9H15N3O2. The summed E-state index contributed by atoms with van der Waals surface area (Å²) in [6.45, 7) is 5.90. The largest absolute Gasteiger partial charge is 0.480 e. The molecule has 0 bridgehead atoms. The molecule has 0 saturated heterocycles. The molecule has 0 saturated carbocycles. The van der Waals surface area contributed by atoms with E-state index in [1.165, 1.54) is 6.20 Å². The summed E-state index contributed by atoms with van der Waals surface area (Å²) in [4.78, 5) is 14.6. The van der Waals surface area contributed by atoms with Crippen LogP contribution in [0.3, 0.4) is 0 Å². The van der Waals surface area contributed by atoms with Crippen LogP contribution in [-0.4, -0.2) is 20.6 Å². The molecule has 1 heterocycles. The number of nitrogens with zero attached hydrogens (tertiary/aromatic N) is 2. The molecule has 0 amide bonds. The van der Waals surface area contributed by atoms with Crippen LogP contribution in [0.15, 0.2) is 12.5 Å². The van der Waals surface area contributed by atoms with E-state index in [9.17, 15) is 4.79 Å². The molecule has 1 unspecified atom stereocenters. The Hall–Kier alpha value is -1.36. The van der Waals surface area contributed by atoms with Crippen molar-refractivity contribution in [3.63, 3.8) is 0 Å². The van der Waals surface area contributed by atoms with Crippen molar-refractivity contribution in [2.24, 2.45) is 5.73 Å². The van der Waals surface area contributed by atoms with Crippen LogP contribution in [0, 0.1) is 0 Å². The van der Waals surface area contributed by atoms with Crippen LogP contribution in [0.5, 0.6) is 0 Å². The zero-order valence-corrected chi connectivity index (χ0v) is 8.56. The lowest BCUT2D eigenvalue weighted by molar-refractivity contribution is -0.138. The molecule has 0 aliphatic rings. The van der Waals surface area contributed by atoms with Crippen LogP contribution >= 0.6 is 0 Å². The molecule has 78 valence electrons. The second kappa shape index (κ2) is 3.42. The van der Waals surface area contributed by atoms with Crippen LogP contribution < -0.4 is 5.73 Å². The number of hydrogen-bond acceptors (Lipinski definition) is 3. The van der Waals surface area contributed by atoms with E-state index < -0.39 is 12.0 Å². The molecule has 0 aliphatic carbocycles. The minimum atomic E-state index is -1.05. The van der Waals surface area contributed by atoms with E-state index in [1.54, 1.807) is 10.9 Å². The number of carbonyl (C=O) groups is 1. The van der Waals surface area contributed by atoms with Gasteiger partial charge in [-0.05, 0) is 20.8 Å². The van der Waals surface area contributed by atoms with Crippen LogP contribution in [0.2, 0.25) is 0 Å². The first kappa shape index (κ1) is 10.7. The molecule has 1 aromatic heterocycles. The Balaban J connectivity index is 3.11. The summed E-state index contributed by atoms with van der Waals surface area (Å²) in [7, 11) is 0. The quantitative estimate of drug-likeness (QED) is 0.732. The number of carboxylic acids is 1. The Morgan fingerprint density at radius 2 is 2.21 bits per heavy atom. The van der Waals surface area contributed by atoms with Gasteiger partial charge >= 0.3 is 5.97 Å². The molecular weight excluding hydrogens is 182 g/mol. The van der Waals surface area contributed by atoms with Crippen molar-refractivity contribution < 1.29 is 9.90 Å². The van der Waals surface area contributed by atoms with Gasteiger partial charge in [-0.1, -0.05) is 0 Å². The first-order valence-corrected chi connectivity index (χ1v) is 4.35. The first-order chi connectivity index (χ1) is 6.34. The molecule has 14 heavy (non-hydrogen) atoms. The molecule has 3 N–H and O–H groups in total. The second-order valence-electron chi connectivity index (χ2n) is 4.18. The number of rotatable bonds is 2. The first-order valence-electron chi connectivity index (χ1n) is 4.35. The van der Waals surface area contributed by atoms with Crippen molar-refractivity contribution in [1.29, 1.82) is 0 Å². The van der Waals surface area contributed by atoms with E-state index in [4.69, 9.17) is 10.8 Å². The molecule has 5 heteroatoms. The van der Waals surface area contributed by atoms with Crippen molar-refractivity contribution in [3.05, 3.63) is 18.2 Å². The Morgan fingerprint density at radius 3 is 2.64 bits per heavy atom. The highest BCUT2D eigenvalue weighted by molar-refractivity contribution is 5.74. The van der Waals surface area contributed by atoms with Crippen molar-refractivity contribution in [1.82, 2.24) is 9.55 Å². The summed E-state index contributed by atoms with van der Waals surface area (Å²) in [6.07, 6.45) is 3.09. The predicted octanol–water partition coefficient (Wildman–Crippen LogP) is 0.723. The zero-order valence-electron chi connectivity index (χ0n) is 8.56. The van der Waals surface area contributed by atoms with Gasteiger partial charge in [-0.3, -0.25) is 4.79 Å². The van der Waals surface area contributed by atoms with Crippen LogP contribution in [0.1, 0.15) is 32.5 Å². The second-order valence-corrected chi connectivity index (χ2v) is 4.18. The molecule has 1 rings (SSSR count). The molecule has 0 aromatic carbocycles. The fourth-order valence-electron chi connectivity index (χ4n) is 1.22. The molecule has 0 spiro atoms. The van der Waals surface area contributed by atoms with E-state index in [0.717, 1.165) is 0 Å². The topological polar surface area (TPSA) is 81.1 Å². The van der Waals surface area contributed by atoms with Gasteiger partial charge in [0.25, 0.3) is 0 Å². The van der Waals surface area contributed by atoms with Gasteiger partial charge in [-0.25, -0.2) is 4.98 Å². The minimum absolute atomic E-state index is 0.209. The average molecular weight is 197 g/mol. The summed E-state index contributed by atoms with van der Waals surface area (Å²) < 4.78 is 1.77. The van der Waals surface area contributed by atoms with E-state index >= 15 is 0 Å². The van der Waals surface area contributed by atoms with Gasteiger partial charge in [-0.2, -0.15) is 0 Å². The third kappa shape index (κ3) is 1.93. The average Bonchev–Trinajstić information content (AvgIpc) is 2.48. The summed E-state index contributed by atoms with van der Waals surface area (Å²) in [6, 6.07) is -1.02. The molecule has 0 radical (unpaired) electrons. The summed E-state index contributed by atoms with van der Waals surface area (Å²) >= 11 is 0. The number of carboxylic acid groups (broad SMARTS) is 1. The summed E-state index contributed by atoms with van der Waals surface area (Å²) in [5.41, 5.74) is 5.83. The van der Waals surface area contributed by atoms with Gasteiger partial charge in [0.05, 0.1) is 18.2 Å². The third-order valence-electron chi connectivity index (χ3n) is 1.97. The van der Waals surface area contributed by atoms with E-state index in [1.807, 2.05) is 20.8 Å². The van der Waals surface area contributed by atoms with Gasteiger partial charge in [0.1, 0.15) is 6.04 Å². The lowest BCUT2D eigenvalue weighted by Gasteiger charge is -2.24. The highest BCUT2D eigenvalue weighted by atomic mass is 16.4. The Bertz CT molecular complexity index is 338. The van der Waals surface area contributed by atoms with Gasteiger partial charge in [0.15, 0.2) is 0 Å². The van der Waals surface area contributed by atoms with Gasteiger partial charge < -0.3 is 15.4 Å². The number of imidazole rings is 1. The van der Waals surface area contributed by atoms with Crippen molar-refractivity contribution in [3.8, 4) is 0 Å². The fourth-order valence-corrected chi connectivity index (χ4v) is 1.22. The molecule has 1 aromatic rings. The lowest BCUT2D eigenvalue weighted by atomic mass is 10.1. The number of nitrogens with two attached hydrogens (primary N) is 1. The minimum Gasteiger partial charge on any atom is -0.480 e. The Morgan fingerprint density at radius 1 is 1.64 bits per heavy atom. The van der Waals surface area contributed by atoms with Crippen molar-refractivity contribution in [2.75, 3.05) is 0 Å². The predicted molar refractivity (Wildman–Crippen MR) is 51.8 cm³/mol. The molecule has 1 atom stereocenters. The maximum absolute atomic E-state index is 10.7. The van der Waals surface area contributed by atoms with Gasteiger partial charge in [0, 0.05) is 5.54 Å². The highest BCUT2D eigenvalue weighted by Crippen LogP contribution is 2.20. The lowest BCUT2D eigenvalue weighted by Crippen LogP contribution is -2.30. The molecule has 0 fully saturated rings. The Kier molecular flexibility index (Phi) is 2.62. The maximum Gasteiger partial charge on any atom is 0.326 e. The SMILES string of the molecule is CC(C)(C)n1cncc1C(N)C(=O)O. The smallest absolute Gasteiger partial charge is 0.326 e. The molecule has 0 aliphatic heterocycles. The number of aromatic nitrogens is 2. The van der Waals surface area contributed by atoms with Crippen LogP contribution in [0.4, 0.5) is 0 Å². The van der Waals surface area contributed by atoms with Crippen molar-refractivity contribution in [2.45, 2.75) is 32.4 Å². The maximum atomic E-state index is 10.7. The van der Waals surface area contributed by atoms with Crippen LogP contribution in [-0.2, 0) is 10.3 Å².